The highest BCUT2D eigenvalue weighted by Crippen LogP contribution is 2.22. The third-order valence-electron chi connectivity index (χ3n) is 2.85. The molecule has 17 heavy (non-hydrogen) atoms. The van der Waals surface area contributed by atoms with Crippen molar-refractivity contribution < 1.29 is 9.53 Å². The maximum Gasteiger partial charge on any atom is 0.255 e. The van der Waals surface area contributed by atoms with Gasteiger partial charge in [-0.2, -0.15) is 0 Å². The van der Waals surface area contributed by atoms with Crippen LogP contribution in [0.15, 0.2) is 22.7 Å². The SMILES string of the molecule is CC1COCCN1C(=O)c1cc(N)ccc1Br. The Morgan fingerprint density at radius 3 is 3.06 bits per heavy atom. The molecule has 4 nitrogen and oxygen atoms in total. The Bertz CT molecular complexity index is 437. The Morgan fingerprint density at radius 1 is 1.59 bits per heavy atom. The summed E-state index contributed by atoms with van der Waals surface area (Å²) in [5.74, 6) is -0.0000231. The summed E-state index contributed by atoms with van der Waals surface area (Å²) in [7, 11) is 0. The molecule has 5 heteroatoms. The van der Waals surface area contributed by atoms with Gasteiger partial charge in [0.2, 0.25) is 0 Å². The highest BCUT2D eigenvalue weighted by atomic mass is 79.9. The van der Waals surface area contributed by atoms with Gasteiger partial charge >= 0.3 is 0 Å². The highest BCUT2D eigenvalue weighted by Gasteiger charge is 2.25. The molecule has 0 spiro atoms. The van der Waals surface area contributed by atoms with Crippen molar-refractivity contribution in [1.82, 2.24) is 4.90 Å². The summed E-state index contributed by atoms with van der Waals surface area (Å²) in [6.45, 7) is 3.79. The van der Waals surface area contributed by atoms with Gasteiger partial charge in [0.25, 0.3) is 5.91 Å². The summed E-state index contributed by atoms with van der Waals surface area (Å²) >= 11 is 3.38. The molecule has 2 rings (SSSR count). The fourth-order valence-corrected chi connectivity index (χ4v) is 2.31. The maximum atomic E-state index is 12.4. The zero-order valence-electron chi connectivity index (χ0n) is 9.65. The molecule has 1 saturated heterocycles. The Balaban J connectivity index is 2.26. The molecule has 1 aromatic carbocycles. The molecule has 1 fully saturated rings. The molecule has 1 aliphatic rings. The number of anilines is 1. The Labute approximate surface area is 109 Å². The van der Waals surface area contributed by atoms with Crippen LogP contribution in [-0.2, 0) is 4.74 Å². The van der Waals surface area contributed by atoms with Crippen LogP contribution >= 0.6 is 15.9 Å². The van der Waals surface area contributed by atoms with E-state index in [1.807, 2.05) is 11.8 Å². The molecule has 1 unspecified atom stereocenters. The van der Waals surface area contributed by atoms with Crippen LogP contribution in [0.4, 0.5) is 5.69 Å². The summed E-state index contributed by atoms with van der Waals surface area (Å²) < 4.78 is 6.10. The molecule has 1 amide bonds. The van der Waals surface area contributed by atoms with Crippen LogP contribution in [0.2, 0.25) is 0 Å². The van der Waals surface area contributed by atoms with Crippen molar-refractivity contribution >= 4 is 27.5 Å². The van der Waals surface area contributed by atoms with Crippen LogP contribution in [-0.4, -0.2) is 36.6 Å². The fraction of sp³-hybridized carbons (Fsp3) is 0.417. The van der Waals surface area contributed by atoms with Gasteiger partial charge in [-0.25, -0.2) is 0 Å². The van der Waals surface area contributed by atoms with Crippen molar-refractivity contribution in [3.8, 4) is 0 Å². The molecule has 0 saturated carbocycles. The lowest BCUT2D eigenvalue weighted by atomic mass is 10.1. The standard InChI is InChI=1S/C12H15BrN2O2/c1-8-7-17-5-4-15(8)12(16)10-6-9(14)2-3-11(10)13/h2-3,6,8H,4-5,7,14H2,1H3. The molecule has 0 aliphatic carbocycles. The molecular formula is C12H15BrN2O2. The van der Waals surface area contributed by atoms with E-state index >= 15 is 0 Å². The van der Waals surface area contributed by atoms with Crippen LogP contribution in [0, 0.1) is 0 Å². The van der Waals surface area contributed by atoms with Crippen LogP contribution in [0.1, 0.15) is 17.3 Å². The smallest absolute Gasteiger partial charge is 0.255 e. The number of nitrogens with zero attached hydrogens (tertiary/aromatic N) is 1. The number of carbonyl (C=O) groups is 1. The minimum absolute atomic E-state index is 0.0000231. The van der Waals surface area contributed by atoms with Crippen molar-refractivity contribution in [2.45, 2.75) is 13.0 Å². The summed E-state index contributed by atoms with van der Waals surface area (Å²) in [4.78, 5) is 14.2. The first-order valence-electron chi connectivity index (χ1n) is 5.53. The second-order valence-corrected chi connectivity index (χ2v) is 5.02. The lowest BCUT2D eigenvalue weighted by molar-refractivity contribution is 0.00354. The normalized spacial score (nSPS) is 20.4. The summed E-state index contributed by atoms with van der Waals surface area (Å²) in [6.07, 6.45) is 0. The largest absolute Gasteiger partial charge is 0.399 e. The Kier molecular flexibility index (Phi) is 3.69. The third kappa shape index (κ3) is 2.61. The number of rotatable bonds is 1. The van der Waals surface area contributed by atoms with E-state index in [4.69, 9.17) is 10.5 Å². The van der Waals surface area contributed by atoms with Gasteiger partial charge in [0.05, 0.1) is 24.8 Å². The van der Waals surface area contributed by atoms with E-state index in [0.717, 1.165) is 4.47 Å². The quantitative estimate of drug-likeness (QED) is 0.806. The molecule has 1 heterocycles. The number of benzene rings is 1. The van der Waals surface area contributed by atoms with Crippen molar-refractivity contribution in [3.05, 3.63) is 28.2 Å². The van der Waals surface area contributed by atoms with Gasteiger partial charge in [0.1, 0.15) is 0 Å². The number of nitrogen functional groups attached to an aromatic ring is 1. The molecule has 0 radical (unpaired) electrons. The van der Waals surface area contributed by atoms with Crippen LogP contribution in [0.5, 0.6) is 0 Å². The first-order valence-corrected chi connectivity index (χ1v) is 6.32. The number of hydrogen-bond donors (Lipinski definition) is 1. The zero-order valence-corrected chi connectivity index (χ0v) is 11.2. The van der Waals surface area contributed by atoms with Crippen molar-refractivity contribution in [3.63, 3.8) is 0 Å². The van der Waals surface area contributed by atoms with Gasteiger partial charge < -0.3 is 15.4 Å². The molecule has 0 bridgehead atoms. The van der Waals surface area contributed by atoms with Gasteiger partial charge in [-0.1, -0.05) is 0 Å². The molecule has 2 N–H and O–H groups in total. The Morgan fingerprint density at radius 2 is 2.35 bits per heavy atom. The molecule has 0 aromatic heterocycles. The number of amides is 1. The van der Waals surface area contributed by atoms with E-state index < -0.39 is 0 Å². The molecule has 1 aliphatic heterocycles. The number of morpholine rings is 1. The predicted octanol–water partition coefficient (Wildman–Crippen LogP) is 1.89. The van der Waals surface area contributed by atoms with E-state index in [1.165, 1.54) is 0 Å². The van der Waals surface area contributed by atoms with E-state index in [0.29, 0.717) is 31.0 Å². The second kappa shape index (κ2) is 5.06. The number of carbonyl (C=O) groups excluding carboxylic acids is 1. The summed E-state index contributed by atoms with van der Waals surface area (Å²) in [6, 6.07) is 5.37. The minimum atomic E-state index is -0.0000231. The maximum absolute atomic E-state index is 12.4. The number of nitrogens with two attached hydrogens (primary N) is 1. The number of hydrogen-bond acceptors (Lipinski definition) is 3. The van der Waals surface area contributed by atoms with E-state index in [-0.39, 0.29) is 11.9 Å². The minimum Gasteiger partial charge on any atom is -0.399 e. The lowest BCUT2D eigenvalue weighted by Crippen LogP contribution is -2.47. The topological polar surface area (TPSA) is 55.6 Å². The lowest BCUT2D eigenvalue weighted by Gasteiger charge is -2.33. The molecule has 92 valence electrons. The van der Waals surface area contributed by atoms with E-state index in [2.05, 4.69) is 15.9 Å². The fourth-order valence-electron chi connectivity index (χ4n) is 1.89. The average Bonchev–Trinajstić information content (AvgIpc) is 2.32. The predicted molar refractivity (Wildman–Crippen MR) is 69.9 cm³/mol. The zero-order chi connectivity index (χ0) is 12.4. The van der Waals surface area contributed by atoms with Crippen LogP contribution in [0.25, 0.3) is 0 Å². The highest BCUT2D eigenvalue weighted by molar-refractivity contribution is 9.10. The van der Waals surface area contributed by atoms with Gasteiger partial charge in [-0.15, -0.1) is 0 Å². The van der Waals surface area contributed by atoms with Crippen LogP contribution in [0.3, 0.4) is 0 Å². The molecule has 1 aromatic rings. The van der Waals surface area contributed by atoms with Crippen molar-refractivity contribution in [2.75, 3.05) is 25.5 Å². The first-order chi connectivity index (χ1) is 8.09. The molecule has 1 atom stereocenters. The molecular weight excluding hydrogens is 284 g/mol. The third-order valence-corrected chi connectivity index (χ3v) is 3.54. The average molecular weight is 299 g/mol. The van der Waals surface area contributed by atoms with Crippen molar-refractivity contribution in [2.24, 2.45) is 0 Å². The summed E-state index contributed by atoms with van der Waals surface area (Å²) in [5.41, 5.74) is 6.92. The Hall–Kier alpha value is -1.07. The van der Waals surface area contributed by atoms with E-state index in [9.17, 15) is 4.79 Å². The number of ether oxygens (including phenoxy) is 1. The summed E-state index contributed by atoms with van der Waals surface area (Å²) in [5, 5.41) is 0. The van der Waals surface area contributed by atoms with Gasteiger partial charge in [-0.05, 0) is 41.1 Å². The van der Waals surface area contributed by atoms with Gasteiger partial charge in [0, 0.05) is 16.7 Å². The second-order valence-electron chi connectivity index (χ2n) is 4.16. The monoisotopic (exact) mass is 298 g/mol. The van der Waals surface area contributed by atoms with E-state index in [1.54, 1.807) is 18.2 Å². The van der Waals surface area contributed by atoms with Gasteiger partial charge in [0.15, 0.2) is 0 Å². The van der Waals surface area contributed by atoms with Crippen LogP contribution < -0.4 is 5.73 Å². The van der Waals surface area contributed by atoms with Crippen molar-refractivity contribution in [1.29, 1.82) is 0 Å². The number of halogens is 1. The first kappa shape index (κ1) is 12.4. The van der Waals surface area contributed by atoms with Gasteiger partial charge in [-0.3, -0.25) is 4.79 Å².